The van der Waals surface area contributed by atoms with Crippen LogP contribution >= 0.6 is 27.3 Å². The monoisotopic (exact) mass is 311 g/mol. The van der Waals surface area contributed by atoms with Gasteiger partial charge in [0.2, 0.25) is 0 Å². The van der Waals surface area contributed by atoms with Crippen molar-refractivity contribution < 1.29 is 5.11 Å². The molecular formula is C13H14BrNOS. The average Bonchev–Trinajstić information content (AvgIpc) is 2.74. The third-order valence-electron chi connectivity index (χ3n) is 2.65. The summed E-state index contributed by atoms with van der Waals surface area (Å²) in [6.45, 7) is 2.08. The standard InChI is InChI=1S/C13H14BrNOS/c1-2-9-4-3-7-15-13(9)11(16)8-10-5-6-12(14)17-10/h3-7,11,16H,2,8H2,1H3. The molecule has 0 saturated carbocycles. The molecule has 17 heavy (non-hydrogen) atoms. The van der Waals surface area contributed by atoms with Crippen LogP contribution in [0.4, 0.5) is 0 Å². The first-order chi connectivity index (χ1) is 8.20. The molecule has 0 fully saturated rings. The van der Waals surface area contributed by atoms with Crippen LogP contribution in [0.3, 0.4) is 0 Å². The van der Waals surface area contributed by atoms with Crippen LogP contribution in [0.2, 0.25) is 0 Å². The van der Waals surface area contributed by atoms with E-state index in [-0.39, 0.29) is 0 Å². The number of pyridine rings is 1. The van der Waals surface area contributed by atoms with Gasteiger partial charge < -0.3 is 5.11 Å². The Hall–Kier alpha value is -0.710. The minimum Gasteiger partial charge on any atom is -0.386 e. The van der Waals surface area contributed by atoms with E-state index in [1.54, 1.807) is 17.5 Å². The van der Waals surface area contributed by atoms with Crippen molar-refractivity contribution in [2.45, 2.75) is 25.9 Å². The topological polar surface area (TPSA) is 33.1 Å². The van der Waals surface area contributed by atoms with Crippen LogP contribution in [-0.4, -0.2) is 10.1 Å². The second-order valence-corrected chi connectivity index (χ2v) is 6.37. The fourth-order valence-corrected chi connectivity index (χ4v) is 3.32. The first kappa shape index (κ1) is 12.7. The highest BCUT2D eigenvalue weighted by atomic mass is 79.9. The molecule has 0 aliphatic carbocycles. The summed E-state index contributed by atoms with van der Waals surface area (Å²) in [5, 5.41) is 10.2. The van der Waals surface area contributed by atoms with Gasteiger partial charge in [-0.3, -0.25) is 4.98 Å². The van der Waals surface area contributed by atoms with Gasteiger partial charge in [0, 0.05) is 17.5 Å². The van der Waals surface area contributed by atoms with E-state index in [4.69, 9.17) is 0 Å². The molecule has 0 radical (unpaired) electrons. The van der Waals surface area contributed by atoms with Gasteiger partial charge in [0.1, 0.15) is 6.10 Å². The summed E-state index contributed by atoms with van der Waals surface area (Å²) in [7, 11) is 0. The van der Waals surface area contributed by atoms with E-state index in [2.05, 4.69) is 27.8 Å². The van der Waals surface area contributed by atoms with Crippen molar-refractivity contribution in [2.75, 3.05) is 0 Å². The molecule has 2 heterocycles. The Morgan fingerprint density at radius 2 is 2.24 bits per heavy atom. The minimum atomic E-state index is -0.517. The first-order valence-corrected chi connectivity index (χ1v) is 7.17. The van der Waals surface area contributed by atoms with E-state index in [1.165, 1.54) is 0 Å². The highest BCUT2D eigenvalue weighted by molar-refractivity contribution is 9.11. The van der Waals surface area contributed by atoms with E-state index < -0.39 is 6.10 Å². The minimum absolute atomic E-state index is 0.517. The molecule has 0 aliphatic rings. The van der Waals surface area contributed by atoms with Gasteiger partial charge in [-0.05, 0) is 46.1 Å². The number of rotatable bonds is 4. The molecule has 0 aromatic carbocycles. The molecule has 0 bridgehead atoms. The third kappa shape index (κ3) is 3.15. The van der Waals surface area contributed by atoms with Crippen LogP contribution < -0.4 is 0 Å². The van der Waals surface area contributed by atoms with Crippen LogP contribution in [0, 0.1) is 0 Å². The van der Waals surface area contributed by atoms with Gasteiger partial charge in [0.15, 0.2) is 0 Å². The molecule has 2 aromatic heterocycles. The quantitative estimate of drug-likeness (QED) is 0.933. The fourth-order valence-electron chi connectivity index (χ4n) is 1.80. The molecule has 1 N–H and O–H groups in total. The van der Waals surface area contributed by atoms with Gasteiger partial charge in [-0.1, -0.05) is 13.0 Å². The van der Waals surface area contributed by atoms with Crippen LogP contribution in [0.25, 0.3) is 0 Å². The van der Waals surface area contributed by atoms with Crippen molar-refractivity contribution >= 4 is 27.3 Å². The smallest absolute Gasteiger partial charge is 0.101 e. The van der Waals surface area contributed by atoms with Gasteiger partial charge in [-0.2, -0.15) is 0 Å². The zero-order chi connectivity index (χ0) is 12.3. The first-order valence-electron chi connectivity index (χ1n) is 5.56. The van der Waals surface area contributed by atoms with Gasteiger partial charge in [0.05, 0.1) is 9.48 Å². The van der Waals surface area contributed by atoms with E-state index in [0.717, 1.165) is 26.3 Å². The Labute approximate surface area is 113 Å². The zero-order valence-corrected chi connectivity index (χ0v) is 12.0. The van der Waals surface area contributed by atoms with Gasteiger partial charge in [-0.15, -0.1) is 11.3 Å². The number of nitrogens with zero attached hydrogens (tertiary/aromatic N) is 1. The van der Waals surface area contributed by atoms with Crippen molar-refractivity contribution in [1.82, 2.24) is 4.98 Å². The Kier molecular flexibility index (Phi) is 4.31. The van der Waals surface area contributed by atoms with E-state index in [9.17, 15) is 5.11 Å². The summed E-state index contributed by atoms with van der Waals surface area (Å²) >= 11 is 5.08. The predicted octanol–water partition coefficient (Wildman–Crippen LogP) is 3.74. The predicted molar refractivity (Wildman–Crippen MR) is 74.3 cm³/mol. The molecule has 0 saturated heterocycles. The maximum Gasteiger partial charge on any atom is 0.101 e. The number of aryl methyl sites for hydroxylation is 1. The lowest BCUT2D eigenvalue weighted by Gasteiger charge is -2.12. The molecule has 0 spiro atoms. The molecule has 1 unspecified atom stereocenters. The molecule has 0 amide bonds. The number of aliphatic hydroxyl groups is 1. The SMILES string of the molecule is CCc1cccnc1C(O)Cc1ccc(Br)s1. The van der Waals surface area contributed by atoms with Crippen molar-refractivity contribution in [3.63, 3.8) is 0 Å². The maximum absolute atomic E-state index is 10.2. The van der Waals surface area contributed by atoms with Gasteiger partial charge in [0.25, 0.3) is 0 Å². The lowest BCUT2D eigenvalue weighted by molar-refractivity contribution is 0.173. The number of hydrogen-bond donors (Lipinski definition) is 1. The molecule has 90 valence electrons. The summed E-state index contributed by atoms with van der Waals surface area (Å²) < 4.78 is 1.09. The molecular weight excluding hydrogens is 298 g/mol. The molecule has 2 aromatic rings. The van der Waals surface area contributed by atoms with Crippen molar-refractivity contribution in [3.05, 3.63) is 50.4 Å². The van der Waals surface area contributed by atoms with Crippen molar-refractivity contribution in [2.24, 2.45) is 0 Å². The Morgan fingerprint density at radius 1 is 1.41 bits per heavy atom. The normalized spacial score (nSPS) is 12.6. The van der Waals surface area contributed by atoms with Gasteiger partial charge in [-0.25, -0.2) is 0 Å². The summed E-state index contributed by atoms with van der Waals surface area (Å²) in [6, 6.07) is 7.98. The molecule has 2 nitrogen and oxygen atoms in total. The van der Waals surface area contributed by atoms with Crippen LogP contribution in [-0.2, 0) is 12.8 Å². The van der Waals surface area contributed by atoms with E-state index in [0.29, 0.717) is 6.42 Å². The number of aliphatic hydroxyl groups excluding tert-OH is 1. The maximum atomic E-state index is 10.2. The van der Waals surface area contributed by atoms with Crippen molar-refractivity contribution in [3.8, 4) is 0 Å². The summed E-state index contributed by atoms with van der Waals surface area (Å²) in [4.78, 5) is 5.46. The second-order valence-electron chi connectivity index (χ2n) is 3.83. The Morgan fingerprint density at radius 3 is 2.88 bits per heavy atom. The van der Waals surface area contributed by atoms with Gasteiger partial charge >= 0.3 is 0 Å². The molecule has 1 atom stereocenters. The molecule has 0 aliphatic heterocycles. The molecule has 4 heteroatoms. The van der Waals surface area contributed by atoms with Crippen LogP contribution in [0.1, 0.15) is 29.2 Å². The largest absolute Gasteiger partial charge is 0.386 e. The Bertz CT molecular complexity index is 498. The Balaban J connectivity index is 2.16. The van der Waals surface area contributed by atoms with E-state index in [1.807, 2.05) is 24.3 Å². The number of aromatic nitrogens is 1. The lowest BCUT2D eigenvalue weighted by atomic mass is 10.0. The van der Waals surface area contributed by atoms with Crippen LogP contribution in [0.15, 0.2) is 34.2 Å². The van der Waals surface area contributed by atoms with E-state index >= 15 is 0 Å². The number of thiophene rings is 1. The fraction of sp³-hybridized carbons (Fsp3) is 0.308. The third-order valence-corrected chi connectivity index (χ3v) is 4.29. The summed E-state index contributed by atoms with van der Waals surface area (Å²) in [5.41, 5.74) is 1.93. The highest BCUT2D eigenvalue weighted by Crippen LogP contribution is 2.27. The van der Waals surface area contributed by atoms with Crippen molar-refractivity contribution in [1.29, 1.82) is 0 Å². The summed E-state index contributed by atoms with van der Waals surface area (Å²) in [5.74, 6) is 0. The summed E-state index contributed by atoms with van der Waals surface area (Å²) in [6.07, 6.45) is 2.74. The lowest BCUT2D eigenvalue weighted by Crippen LogP contribution is -2.06. The average molecular weight is 312 g/mol. The number of halogens is 1. The second kappa shape index (κ2) is 5.76. The molecule has 2 rings (SSSR count). The van der Waals surface area contributed by atoms with Crippen LogP contribution in [0.5, 0.6) is 0 Å². The highest BCUT2D eigenvalue weighted by Gasteiger charge is 2.14. The number of hydrogen-bond acceptors (Lipinski definition) is 3. The zero-order valence-electron chi connectivity index (χ0n) is 9.56.